The number of halogens is 1. The number of rotatable bonds is 5. The van der Waals surface area contributed by atoms with Crippen LogP contribution in [0.1, 0.15) is 40.3 Å². The molecule has 0 bridgehead atoms. The van der Waals surface area contributed by atoms with Crippen LogP contribution in [0.25, 0.3) is 5.69 Å². The summed E-state index contributed by atoms with van der Waals surface area (Å²) in [5.41, 5.74) is 1.51. The van der Waals surface area contributed by atoms with E-state index in [0.717, 1.165) is 10.2 Å². The van der Waals surface area contributed by atoms with Crippen LogP contribution in [-0.2, 0) is 0 Å². The highest BCUT2D eigenvalue weighted by atomic mass is 19.1. The van der Waals surface area contributed by atoms with E-state index in [1.54, 1.807) is 25.1 Å². The molecule has 30 heavy (non-hydrogen) atoms. The number of hydrogen-bond donors (Lipinski definition) is 2. The van der Waals surface area contributed by atoms with Crippen LogP contribution in [-0.4, -0.2) is 27.6 Å². The summed E-state index contributed by atoms with van der Waals surface area (Å²) in [6, 6.07) is 12.7. The van der Waals surface area contributed by atoms with Gasteiger partial charge in [0.1, 0.15) is 11.5 Å². The van der Waals surface area contributed by atoms with Crippen molar-refractivity contribution in [3.05, 3.63) is 87.6 Å². The summed E-state index contributed by atoms with van der Waals surface area (Å²) in [5.74, 6) is -1.23. The number of carbonyl (C=O) groups is 2. The lowest BCUT2D eigenvalue weighted by Gasteiger charge is -2.13. The van der Waals surface area contributed by atoms with Gasteiger partial charge in [0.05, 0.1) is 5.69 Å². The van der Waals surface area contributed by atoms with Crippen LogP contribution in [0.15, 0.2) is 59.4 Å². The van der Waals surface area contributed by atoms with Crippen LogP contribution in [0.3, 0.4) is 0 Å². The molecule has 8 heteroatoms. The Morgan fingerprint density at radius 3 is 2.37 bits per heavy atom. The van der Waals surface area contributed by atoms with Gasteiger partial charge in [-0.1, -0.05) is 6.07 Å². The van der Waals surface area contributed by atoms with Gasteiger partial charge in [0.25, 0.3) is 17.4 Å². The molecule has 0 saturated heterocycles. The van der Waals surface area contributed by atoms with Crippen molar-refractivity contribution in [2.45, 2.75) is 26.8 Å². The summed E-state index contributed by atoms with van der Waals surface area (Å²) in [6.45, 7) is 5.53. The van der Waals surface area contributed by atoms with Crippen molar-refractivity contribution in [3.8, 4) is 5.69 Å². The normalized spacial score (nSPS) is 10.7. The number of hydrogen-bond acceptors (Lipinski definition) is 4. The van der Waals surface area contributed by atoms with Crippen LogP contribution in [0, 0.1) is 12.7 Å². The van der Waals surface area contributed by atoms with Crippen molar-refractivity contribution in [1.29, 1.82) is 0 Å². The highest BCUT2D eigenvalue weighted by molar-refractivity contribution is 6.04. The fourth-order valence-corrected chi connectivity index (χ4v) is 2.78. The predicted octanol–water partition coefficient (Wildman–Crippen LogP) is 3.07. The third kappa shape index (κ3) is 4.78. The average Bonchev–Trinajstić information content (AvgIpc) is 2.70. The lowest BCUT2D eigenvalue weighted by Crippen LogP contribution is -2.30. The third-order valence-corrected chi connectivity index (χ3v) is 4.26. The number of nitrogens with zero attached hydrogens (tertiary/aromatic N) is 2. The zero-order chi connectivity index (χ0) is 21.8. The number of aromatic nitrogens is 2. The molecule has 0 spiro atoms. The lowest BCUT2D eigenvalue weighted by atomic mass is 10.1. The number of amides is 2. The van der Waals surface area contributed by atoms with Crippen LogP contribution in [0.4, 0.5) is 10.1 Å². The second-order valence-corrected chi connectivity index (χ2v) is 7.06. The van der Waals surface area contributed by atoms with Gasteiger partial charge in [0.2, 0.25) is 0 Å². The van der Waals surface area contributed by atoms with E-state index in [1.807, 2.05) is 13.8 Å². The van der Waals surface area contributed by atoms with Gasteiger partial charge < -0.3 is 10.6 Å². The first-order valence-corrected chi connectivity index (χ1v) is 9.34. The molecule has 0 saturated carbocycles. The van der Waals surface area contributed by atoms with Gasteiger partial charge in [-0.05, 0) is 68.8 Å². The first-order valence-electron chi connectivity index (χ1n) is 9.34. The quantitative estimate of drug-likeness (QED) is 0.679. The van der Waals surface area contributed by atoms with E-state index in [-0.39, 0.29) is 17.6 Å². The topological polar surface area (TPSA) is 93.1 Å². The summed E-state index contributed by atoms with van der Waals surface area (Å²) < 4.78 is 14.2. The Morgan fingerprint density at radius 1 is 1.00 bits per heavy atom. The monoisotopic (exact) mass is 408 g/mol. The fraction of sp³-hybridized carbons (Fsp3) is 0.182. The maximum absolute atomic E-state index is 13.1. The molecule has 154 valence electrons. The van der Waals surface area contributed by atoms with Crippen LogP contribution >= 0.6 is 0 Å². The summed E-state index contributed by atoms with van der Waals surface area (Å²) in [7, 11) is 0. The number of carbonyl (C=O) groups excluding carboxylic acids is 2. The predicted molar refractivity (Wildman–Crippen MR) is 112 cm³/mol. The van der Waals surface area contributed by atoms with Gasteiger partial charge in [-0.2, -0.15) is 9.78 Å². The summed E-state index contributed by atoms with van der Waals surface area (Å²) in [5, 5.41) is 9.58. The molecule has 2 amide bonds. The fourth-order valence-electron chi connectivity index (χ4n) is 2.78. The molecule has 0 aliphatic heterocycles. The number of nitrogens with one attached hydrogen (secondary N) is 2. The van der Waals surface area contributed by atoms with Gasteiger partial charge in [-0.15, -0.1) is 0 Å². The van der Waals surface area contributed by atoms with Crippen molar-refractivity contribution >= 4 is 17.5 Å². The van der Waals surface area contributed by atoms with Crippen molar-refractivity contribution in [2.75, 3.05) is 5.32 Å². The van der Waals surface area contributed by atoms with Crippen LogP contribution in [0.5, 0.6) is 0 Å². The minimum Gasteiger partial charge on any atom is -0.350 e. The molecule has 7 nitrogen and oxygen atoms in total. The first kappa shape index (κ1) is 20.9. The minimum absolute atomic E-state index is 0.00678. The molecule has 0 unspecified atom stereocenters. The number of aryl methyl sites for hydroxylation is 1. The van der Waals surface area contributed by atoms with Crippen LogP contribution < -0.4 is 16.2 Å². The Balaban J connectivity index is 1.86. The van der Waals surface area contributed by atoms with E-state index < -0.39 is 17.3 Å². The SMILES string of the molecule is Cc1ccc(NC(=O)c2ccc(=O)n(-c3ccc(F)cc3)n2)cc1C(=O)NC(C)C. The molecular weight excluding hydrogens is 387 g/mol. The zero-order valence-electron chi connectivity index (χ0n) is 16.8. The lowest BCUT2D eigenvalue weighted by molar-refractivity contribution is 0.0941. The molecule has 0 aliphatic carbocycles. The Kier molecular flexibility index (Phi) is 6.06. The number of anilines is 1. The van der Waals surface area contributed by atoms with Gasteiger partial charge in [-0.3, -0.25) is 14.4 Å². The smallest absolute Gasteiger partial charge is 0.276 e. The van der Waals surface area contributed by atoms with E-state index >= 15 is 0 Å². The standard InChI is InChI=1S/C22H21FN4O3/c1-13(2)24-21(29)18-12-16(7-4-14(18)3)25-22(30)19-10-11-20(28)27(26-19)17-8-5-15(23)6-9-17/h4-13H,1-3H3,(H,24,29)(H,25,30). The molecule has 0 atom stereocenters. The maximum atomic E-state index is 13.1. The second-order valence-electron chi connectivity index (χ2n) is 7.06. The Bertz CT molecular complexity index is 1150. The Morgan fingerprint density at radius 2 is 1.70 bits per heavy atom. The highest BCUT2D eigenvalue weighted by Gasteiger charge is 2.14. The molecule has 0 fully saturated rings. The van der Waals surface area contributed by atoms with E-state index in [4.69, 9.17) is 0 Å². The average molecular weight is 408 g/mol. The first-order chi connectivity index (χ1) is 14.2. The molecule has 2 aromatic carbocycles. The van der Waals surface area contributed by atoms with Crippen molar-refractivity contribution in [1.82, 2.24) is 15.1 Å². The van der Waals surface area contributed by atoms with Gasteiger partial charge in [-0.25, -0.2) is 4.39 Å². The van der Waals surface area contributed by atoms with Crippen LogP contribution in [0.2, 0.25) is 0 Å². The van der Waals surface area contributed by atoms with Crippen molar-refractivity contribution in [2.24, 2.45) is 0 Å². The maximum Gasteiger partial charge on any atom is 0.276 e. The molecular formula is C22H21FN4O3. The van der Waals surface area contributed by atoms with E-state index in [0.29, 0.717) is 16.9 Å². The highest BCUT2D eigenvalue weighted by Crippen LogP contribution is 2.16. The molecule has 3 rings (SSSR count). The summed E-state index contributed by atoms with van der Waals surface area (Å²) in [6.07, 6.45) is 0. The molecule has 2 N–H and O–H groups in total. The summed E-state index contributed by atoms with van der Waals surface area (Å²) in [4.78, 5) is 37.1. The zero-order valence-corrected chi connectivity index (χ0v) is 16.8. The van der Waals surface area contributed by atoms with Crippen molar-refractivity contribution < 1.29 is 14.0 Å². The molecule has 0 radical (unpaired) electrons. The van der Waals surface area contributed by atoms with Gasteiger partial charge in [0.15, 0.2) is 0 Å². The van der Waals surface area contributed by atoms with E-state index in [2.05, 4.69) is 15.7 Å². The van der Waals surface area contributed by atoms with Crippen molar-refractivity contribution in [3.63, 3.8) is 0 Å². The Labute approximate surface area is 172 Å². The molecule has 1 aromatic heterocycles. The van der Waals surface area contributed by atoms with Gasteiger partial charge >= 0.3 is 0 Å². The molecule has 0 aliphatic rings. The number of benzene rings is 2. The third-order valence-electron chi connectivity index (χ3n) is 4.26. The van der Waals surface area contributed by atoms with Gasteiger partial charge in [0, 0.05) is 23.4 Å². The Hall–Kier alpha value is -3.81. The second kappa shape index (κ2) is 8.69. The summed E-state index contributed by atoms with van der Waals surface area (Å²) >= 11 is 0. The minimum atomic E-state index is -0.551. The molecule has 3 aromatic rings. The van der Waals surface area contributed by atoms with E-state index in [1.165, 1.54) is 36.4 Å². The molecule has 1 heterocycles. The van der Waals surface area contributed by atoms with E-state index in [9.17, 15) is 18.8 Å². The largest absolute Gasteiger partial charge is 0.350 e.